The van der Waals surface area contributed by atoms with E-state index in [1.54, 1.807) is 19.1 Å². The van der Waals surface area contributed by atoms with E-state index in [1.807, 2.05) is 6.07 Å². The van der Waals surface area contributed by atoms with Crippen LogP contribution in [-0.4, -0.2) is 32.8 Å². The molecule has 0 atom stereocenters. The second-order valence-corrected chi connectivity index (χ2v) is 4.20. The van der Waals surface area contributed by atoms with E-state index in [4.69, 9.17) is 18.9 Å². The van der Waals surface area contributed by atoms with Crippen LogP contribution in [0.15, 0.2) is 24.0 Å². The van der Waals surface area contributed by atoms with E-state index < -0.39 is 17.7 Å². The first-order valence-electron chi connectivity index (χ1n) is 6.70. The van der Waals surface area contributed by atoms with Gasteiger partial charge in [0.25, 0.3) is 0 Å². The summed E-state index contributed by atoms with van der Waals surface area (Å²) in [6.07, 6.45) is 0. The molecule has 0 N–H and O–H groups in total. The molecule has 0 unspecified atom stereocenters. The fourth-order valence-corrected chi connectivity index (χ4v) is 1.77. The van der Waals surface area contributed by atoms with Gasteiger partial charge in [-0.25, -0.2) is 4.79 Å². The summed E-state index contributed by atoms with van der Waals surface area (Å²) < 4.78 is 20.0. The summed E-state index contributed by atoms with van der Waals surface area (Å²) in [6, 6.07) is 6.47. The van der Waals surface area contributed by atoms with Crippen molar-refractivity contribution in [1.82, 2.24) is 0 Å². The molecule has 0 spiro atoms. The van der Waals surface area contributed by atoms with Gasteiger partial charge in [-0.15, -0.1) is 0 Å². The highest BCUT2D eigenvalue weighted by Crippen LogP contribution is 2.31. The smallest absolute Gasteiger partial charge is 0.375 e. The molecule has 0 aliphatic heterocycles. The molecule has 0 radical (unpaired) electrons. The van der Waals surface area contributed by atoms with Crippen LogP contribution in [0.3, 0.4) is 0 Å². The number of nitriles is 1. The van der Waals surface area contributed by atoms with Gasteiger partial charge in [0.2, 0.25) is 5.76 Å². The van der Waals surface area contributed by atoms with Crippen molar-refractivity contribution in [2.75, 3.05) is 20.8 Å². The van der Waals surface area contributed by atoms with Crippen molar-refractivity contribution in [1.29, 1.82) is 5.26 Å². The minimum absolute atomic E-state index is 0.0776. The molecular weight excluding hydrogens is 302 g/mol. The zero-order valence-corrected chi connectivity index (χ0v) is 13.3. The summed E-state index contributed by atoms with van der Waals surface area (Å²) in [5.41, 5.74) is 0.189. The first kappa shape index (κ1) is 18.0. The molecule has 1 aromatic rings. The molecule has 1 aromatic carbocycles. The number of benzene rings is 1. The average molecular weight is 319 g/mol. The number of carbonyl (C=O) groups excluding carboxylic acids is 2. The van der Waals surface area contributed by atoms with Crippen LogP contribution < -0.4 is 9.47 Å². The lowest BCUT2D eigenvalue weighted by Gasteiger charge is -2.12. The maximum atomic E-state index is 12.0. The maximum Gasteiger partial charge on any atom is 0.375 e. The number of hydrogen-bond acceptors (Lipinski definition) is 7. The van der Waals surface area contributed by atoms with Crippen molar-refractivity contribution in [2.45, 2.75) is 13.8 Å². The van der Waals surface area contributed by atoms with E-state index in [1.165, 1.54) is 20.3 Å². The minimum Gasteiger partial charge on any atom is -0.493 e. The zero-order valence-electron chi connectivity index (χ0n) is 13.3. The molecule has 0 saturated carbocycles. The lowest BCUT2D eigenvalue weighted by molar-refractivity contribution is -0.149. The number of nitrogens with zero attached hydrogens (tertiary/aromatic N) is 1. The van der Waals surface area contributed by atoms with Gasteiger partial charge in [0, 0.05) is 12.5 Å². The zero-order chi connectivity index (χ0) is 17.4. The van der Waals surface area contributed by atoms with Gasteiger partial charge in [-0.1, -0.05) is 0 Å². The van der Waals surface area contributed by atoms with Crippen LogP contribution in [0.2, 0.25) is 0 Å². The first-order valence-corrected chi connectivity index (χ1v) is 6.70. The Morgan fingerprint density at radius 1 is 1.17 bits per heavy atom. The predicted molar refractivity (Wildman–Crippen MR) is 80.5 cm³/mol. The van der Waals surface area contributed by atoms with Crippen LogP contribution >= 0.6 is 0 Å². The Balaban J connectivity index is 3.48. The van der Waals surface area contributed by atoms with E-state index >= 15 is 0 Å². The molecular formula is C16H17NO6. The fourth-order valence-electron chi connectivity index (χ4n) is 1.77. The molecule has 0 aliphatic rings. The van der Waals surface area contributed by atoms with Crippen molar-refractivity contribution in [3.63, 3.8) is 0 Å². The van der Waals surface area contributed by atoms with E-state index in [0.717, 1.165) is 6.92 Å². The molecule has 0 heterocycles. The van der Waals surface area contributed by atoms with Gasteiger partial charge in [0.1, 0.15) is 11.6 Å². The topological polar surface area (TPSA) is 94.9 Å². The van der Waals surface area contributed by atoms with E-state index in [-0.39, 0.29) is 12.2 Å². The molecule has 0 aliphatic carbocycles. The van der Waals surface area contributed by atoms with Crippen LogP contribution in [0.5, 0.6) is 11.5 Å². The summed E-state index contributed by atoms with van der Waals surface area (Å²) in [4.78, 5) is 23.2. The third-order valence-electron chi connectivity index (χ3n) is 2.72. The Kier molecular flexibility index (Phi) is 6.62. The molecule has 1 rings (SSSR count). The lowest BCUT2D eigenvalue weighted by atomic mass is 10.0. The fraction of sp³-hybridized carbons (Fsp3) is 0.312. The number of carbonyl (C=O) groups is 2. The highest BCUT2D eigenvalue weighted by Gasteiger charge is 2.23. The van der Waals surface area contributed by atoms with Crippen molar-refractivity contribution >= 4 is 17.5 Å². The van der Waals surface area contributed by atoms with Gasteiger partial charge in [-0.05, 0) is 25.1 Å². The van der Waals surface area contributed by atoms with Gasteiger partial charge >= 0.3 is 11.9 Å². The summed E-state index contributed by atoms with van der Waals surface area (Å²) in [5.74, 6) is -1.27. The number of methoxy groups -OCH3 is 2. The minimum atomic E-state index is -0.894. The summed E-state index contributed by atoms with van der Waals surface area (Å²) >= 11 is 0. The molecule has 0 bridgehead atoms. The molecule has 0 fully saturated rings. The lowest BCUT2D eigenvalue weighted by Crippen LogP contribution is -2.15. The van der Waals surface area contributed by atoms with Crippen LogP contribution in [-0.2, 0) is 19.1 Å². The third kappa shape index (κ3) is 4.48. The van der Waals surface area contributed by atoms with Crippen LogP contribution in [0, 0.1) is 11.3 Å². The van der Waals surface area contributed by atoms with Crippen LogP contribution in [0.4, 0.5) is 0 Å². The Morgan fingerprint density at radius 3 is 2.30 bits per heavy atom. The molecule has 0 amide bonds. The number of esters is 2. The Labute approximate surface area is 134 Å². The SMILES string of the molecule is CCOC(=O)/C(OC(C)=O)=C(/C#N)c1ccc(OC)c(OC)c1. The van der Waals surface area contributed by atoms with Crippen molar-refractivity contribution in [3.8, 4) is 17.6 Å². The number of rotatable bonds is 6. The molecule has 23 heavy (non-hydrogen) atoms. The van der Waals surface area contributed by atoms with Crippen molar-refractivity contribution in [3.05, 3.63) is 29.5 Å². The Morgan fingerprint density at radius 2 is 1.83 bits per heavy atom. The van der Waals surface area contributed by atoms with Crippen LogP contribution in [0.25, 0.3) is 5.57 Å². The van der Waals surface area contributed by atoms with Gasteiger partial charge < -0.3 is 18.9 Å². The summed E-state index contributed by atoms with van der Waals surface area (Å²) in [7, 11) is 2.91. The quantitative estimate of drug-likeness (QED) is 0.343. The molecule has 7 nitrogen and oxygen atoms in total. The van der Waals surface area contributed by atoms with E-state index in [9.17, 15) is 14.9 Å². The number of ether oxygens (including phenoxy) is 4. The van der Waals surface area contributed by atoms with E-state index in [0.29, 0.717) is 17.1 Å². The molecule has 0 aromatic heterocycles. The number of hydrogen-bond donors (Lipinski definition) is 0. The maximum absolute atomic E-state index is 12.0. The van der Waals surface area contributed by atoms with Crippen molar-refractivity contribution in [2.24, 2.45) is 0 Å². The number of allylic oxidation sites excluding steroid dienone is 1. The largest absolute Gasteiger partial charge is 0.493 e. The van der Waals surface area contributed by atoms with Crippen LogP contribution in [0.1, 0.15) is 19.4 Å². The Hall–Kier alpha value is -3.01. The first-order chi connectivity index (χ1) is 11.0. The molecule has 7 heteroatoms. The van der Waals surface area contributed by atoms with Gasteiger partial charge in [-0.2, -0.15) is 5.26 Å². The Bertz CT molecular complexity index is 672. The normalized spacial score (nSPS) is 10.9. The second-order valence-electron chi connectivity index (χ2n) is 4.20. The monoisotopic (exact) mass is 319 g/mol. The summed E-state index contributed by atoms with van der Waals surface area (Å²) in [6.45, 7) is 2.81. The predicted octanol–water partition coefficient (Wildman–Crippen LogP) is 2.06. The highest BCUT2D eigenvalue weighted by atomic mass is 16.6. The molecule has 122 valence electrons. The highest BCUT2D eigenvalue weighted by molar-refractivity contribution is 6.01. The standard InChI is InChI=1S/C16H17NO6/c1-5-22-16(19)15(23-10(2)18)12(9-17)11-6-7-13(20-3)14(8-11)21-4/h6-8H,5H2,1-4H3/b15-12+. The van der Waals surface area contributed by atoms with Gasteiger partial charge in [-0.3, -0.25) is 4.79 Å². The third-order valence-corrected chi connectivity index (χ3v) is 2.72. The summed E-state index contributed by atoms with van der Waals surface area (Å²) in [5, 5.41) is 9.39. The van der Waals surface area contributed by atoms with E-state index in [2.05, 4.69) is 0 Å². The second kappa shape index (κ2) is 8.44. The molecule has 0 saturated heterocycles. The van der Waals surface area contributed by atoms with Crippen molar-refractivity contribution < 1.29 is 28.5 Å². The van der Waals surface area contributed by atoms with Gasteiger partial charge in [0.05, 0.1) is 20.8 Å². The van der Waals surface area contributed by atoms with Gasteiger partial charge in [0.15, 0.2) is 11.5 Å². The average Bonchev–Trinajstić information content (AvgIpc) is 2.54.